The summed E-state index contributed by atoms with van der Waals surface area (Å²) in [4.78, 5) is 46.2. The van der Waals surface area contributed by atoms with Gasteiger partial charge in [0.2, 0.25) is 11.8 Å². The second-order valence-electron chi connectivity index (χ2n) is 9.45. The van der Waals surface area contributed by atoms with Crippen molar-refractivity contribution in [3.05, 3.63) is 70.9 Å². The lowest BCUT2D eigenvalue weighted by Crippen LogP contribution is -2.63. The molecule has 4 heterocycles. The monoisotopic (exact) mass is 473 g/mol. The Balaban J connectivity index is 1.43. The van der Waals surface area contributed by atoms with Crippen LogP contribution < -0.4 is 0 Å². The van der Waals surface area contributed by atoms with Gasteiger partial charge in [-0.3, -0.25) is 9.59 Å². The zero-order valence-corrected chi connectivity index (χ0v) is 19.5. The van der Waals surface area contributed by atoms with Gasteiger partial charge in [-0.1, -0.05) is 30.3 Å². The van der Waals surface area contributed by atoms with Crippen molar-refractivity contribution < 1.29 is 23.9 Å². The minimum atomic E-state index is -0.588. The number of nitrogens with one attached hydrogen (secondary N) is 1. The number of ether oxygens (including phenoxy) is 2. The molecule has 0 spiro atoms. The van der Waals surface area contributed by atoms with Gasteiger partial charge in [-0.25, -0.2) is 4.79 Å². The van der Waals surface area contributed by atoms with Crippen LogP contribution in [0.4, 0.5) is 0 Å². The second-order valence-corrected chi connectivity index (χ2v) is 9.45. The predicted octanol–water partition coefficient (Wildman–Crippen LogP) is 2.82. The van der Waals surface area contributed by atoms with Gasteiger partial charge < -0.3 is 24.3 Å². The van der Waals surface area contributed by atoms with Crippen LogP contribution in [0, 0.1) is 0 Å². The molecular weight excluding hydrogens is 446 g/mol. The SMILES string of the molecule is COC(=O)c1ccc(C2c3[nH]c4ccccc4c3C[C@H]3C(=O)N(CC4CCCO4)CC(=O)N23)cc1. The van der Waals surface area contributed by atoms with Gasteiger partial charge in [-0.05, 0) is 42.2 Å². The van der Waals surface area contributed by atoms with Crippen molar-refractivity contribution in [3.63, 3.8) is 0 Å². The summed E-state index contributed by atoms with van der Waals surface area (Å²) in [7, 11) is 1.35. The van der Waals surface area contributed by atoms with Gasteiger partial charge in [-0.2, -0.15) is 0 Å². The Morgan fingerprint density at radius 3 is 2.69 bits per heavy atom. The Morgan fingerprint density at radius 2 is 1.94 bits per heavy atom. The Morgan fingerprint density at radius 1 is 1.14 bits per heavy atom. The number of esters is 1. The van der Waals surface area contributed by atoms with Gasteiger partial charge >= 0.3 is 5.97 Å². The van der Waals surface area contributed by atoms with Crippen molar-refractivity contribution in [3.8, 4) is 0 Å². The van der Waals surface area contributed by atoms with Crippen LogP contribution in [0.1, 0.15) is 46.1 Å². The molecule has 35 heavy (non-hydrogen) atoms. The number of aromatic nitrogens is 1. The summed E-state index contributed by atoms with van der Waals surface area (Å²) >= 11 is 0. The molecule has 8 heteroatoms. The van der Waals surface area contributed by atoms with Crippen LogP contribution in [0.5, 0.6) is 0 Å². The molecule has 0 bridgehead atoms. The summed E-state index contributed by atoms with van der Waals surface area (Å²) in [6.07, 6.45) is 2.35. The average molecular weight is 474 g/mol. The first kappa shape index (κ1) is 21.9. The van der Waals surface area contributed by atoms with Crippen molar-refractivity contribution in [2.24, 2.45) is 0 Å². The average Bonchev–Trinajstić information content (AvgIpc) is 3.53. The largest absolute Gasteiger partial charge is 0.465 e. The number of H-pyrrole nitrogens is 1. The standard InChI is InChI=1S/C27H27N3O5/c1-34-27(33)17-10-8-16(9-11-17)25-24-20(19-6-2-3-7-21(19)28-24)13-22-26(32)29(15-23(31)30(22)25)14-18-5-4-12-35-18/h2-3,6-11,18,22,25,28H,4-5,12-15H2,1H3/t18?,22-,25?/m0/s1. The third-order valence-electron chi connectivity index (χ3n) is 7.44. The molecule has 1 N–H and O–H groups in total. The highest BCUT2D eigenvalue weighted by Gasteiger charge is 2.48. The number of para-hydroxylation sites is 1. The van der Waals surface area contributed by atoms with Gasteiger partial charge in [0.1, 0.15) is 6.04 Å². The van der Waals surface area contributed by atoms with E-state index in [0.717, 1.165) is 40.6 Å². The van der Waals surface area contributed by atoms with Crippen molar-refractivity contribution in [2.75, 3.05) is 26.8 Å². The summed E-state index contributed by atoms with van der Waals surface area (Å²) in [5.74, 6) is -0.537. The topological polar surface area (TPSA) is 91.9 Å². The molecule has 3 aliphatic rings. The van der Waals surface area contributed by atoms with E-state index in [2.05, 4.69) is 11.1 Å². The number of benzene rings is 2. The first-order chi connectivity index (χ1) is 17.0. The maximum absolute atomic E-state index is 13.7. The van der Waals surface area contributed by atoms with E-state index in [1.165, 1.54) is 7.11 Å². The number of methoxy groups -OCH3 is 1. The third-order valence-corrected chi connectivity index (χ3v) is 7.44. The molecule has 0 saturated carbocycles. The smallest absolute Gasteiger partial charge is 0.337 e. The molecule has 3 atom stereocenters. The number of hydrogen-bond donors (Lipinski definition) is 1. The molecule has 0 radical (unpaired) electrons. The van der Waals surface area contributed by atoms with Gasteiger partial charge in [0.05, 0.1) is 31.4 Å². The Labute approximate surface area is 202 Å². The zero-order chi connectivity index (χ0) is 24.1. The van der Waals surface area contributed by atoms with Crippen LogP contribution in [0.3, 0.4) is 0 Å². The number of amides is 2. The fourth-order valence-corrected chi connectivity index (χ4v) is 5.78. The molecule has 8 nitrogen and oxygen atoms in total. The molecule has 3 aromatic rings. The summed E-state index contributed by atoms with van der Waals surface area (Å²) in [6.45, 7) is 1.20. The van der Waals surface area contributed by atoms with Crippen LogP contribution >= 0.6 is 0 Å². The van der Waals surface area contributed by atoms with E-state index in [4.69, 9.17) is 9.47 Å². The number of hydrogen-bond acceptors (Lipinski definition) is 5. The molecule has 2 fully saturated rings. The molecular formula is C27H27N3O5. The number of aromatic amines is 1. The highest BCUT2D eigenvalue weighted by molar-refractivity contribution is 5.97. The van der Waals surface area contributed by atoms with Crippen molar-refractivity contribution in [2.45, 2.75) is 37.5 Å². The van der Waals surface area contributed by atoms with Crippen LogP contribution in [-0.2, 0) is 25.5 Å². The highest BCUT2D eigenvalue weighted by Crippen LogP contribution is 2.42. The fraction of sp³-hybridized carbons (Fsp3) is 0.370. The van der Waals surface area contributed by atoms with Crippen molar-refractivity contribution in [1.82, 2.24) is 14.8 Å². The molecule has 3 aliphatic heterocycles. The molecule has 2 saturated heterocycles. The number of carbonyl (C=O) groups is 3. The maximum Gasteiger partial charge on any atom is 0.337 e. The number of fused-ring (bicyclic) bond motifs is 4. The van der Waals surface area contributed by atoms with E-state index >= 15 is 0 Å². The molecule has 2 amide bonds. The summed E-state index contributed by atoms with van der Waals surface area (Å²) in [5, 5.41) is 1.06. The lowest BCUT2D eigenvalue weighted by molar-refractivity contribution is -0.159. The predicted molar refractivity (Wildman–Crippen MR) is 128 cm³/mol. The zero-order valence-electron chi connectivity index (χ0n) is 19.5. The molecule has 1 aromatic heterocycles. The minimum Gasteiger partial charge on any atom is -0.465 e. The summed E-state index contributed by atoms with van der Waals surface area (Å²) in [6, 6.07) is 14.1. The normalized spacial score (nSPS) is 24.0. The Bertz CT molecular complexity index is 1310. The van der Waals surface area contributed by atoms with E-state index < -0.39 is 18.1 Å². The van der Waals surface area contributed by atoms with E-state index in [9.17, 15) is 14.4 Å². The van der Waals surface area contributed by atoms with E-state index in [0.29, 0.717) is 25.1 Å². The fourth-order valence-electron chi connectivity index (χ4n) is 5.78. The van der Waals surface area contributed by atoms with Crippen LogP contribution in [-0.4, -0.2) is 71.5 Å². The number of rotatable bonds is 4. The van der Waals surface area contributed by atoms with Crippen LogP contribution in [0.2, 0.25) is 0 Å². The quantitative estimate of drug-likeness (QED) is 0.589. The molecule has 180 valence electrons. The third kappa shape index (κ3) is 3.60. The van der Waals surface area contributed by atoms with E-state index in [1.54, 1.807) is 21.9 Å². The van der Waals surface area contributed by atoms with Gasteiger partial charge in [-0.15, -0.1) is 0 Å². The second kappa shape index (κ2) is 8.53. The lowest BCUT2D eigenvalue weighted by Gasteiger charge is -2.47. The van der Waals surface area contributed by atoms with Gasteiger partial charge in [0.15, 0.2) is 0 Å². The summed E-state index contributed by atoms with van der Waals surface area (Å²) in [5.41, 5.74) is 4.23. The van der Waals surface area contributed by atoms with Gasteiger partial charge in [0, 0.05) is 36.2 Å². The van der Waals surface area contributed by atoms with Crippen molar-refractivity contribution >= 4 is 28.7 Å². The van der Waals surface area contributed by atoms with Gasteiger partial charge in [0.25, 0.3) is 0 Å². The first-order valence-corrected chi connectivity index (χ1v) is 12.0. The first-order valence-electron chi connectivity index (χ1n) is 12.0. The molecule has 2 unspecified atom stereocenters. The maximum atomic E-state index is 13.7. The number of carbonyl (C=O) groups excluding carboxylic acids is 3. The van der Waals surface area contributed by atoms with Crippen LogP contribution in [0.15, 0.2) is 48.5 Å². The highest BCUT2D eigenvalue weighted by atomic mass is 16.5. The minimum absolute atomic E-state index is 0.00722. The van der Waals surface area contributed by atoms with E-state index in [1.807, 2.05) is 30.3 Å². The Hall–Kier alpha value is -3.65. The van der Waals surface area contributed by atoms with Crippen LogP contribution in [0.25, 0.3) is 10.9 Å². The number of nitrogens with zero attached hydrogens (tertiary/aromatic N) is 2. The lowest BCUT2D eigenvalue weighted by atomic mass is 9.86. The molecule has 2 aromatic carbocycles. The molecule has 0 aliphatic carbocycles. The molecule has 6 rings (SSSR count). The van der Waals surface area contributed by atoms with Crippen molar-refractivity contribution in [1.29, 1.82) is 0 Å². The Kier molecular flexibility index (Phi) is 5.33. The number of piperazine rings is 1. The van der Waals surface area contributed by atoms with E-state index in [-0.39, 0.29) is 24.5 Å². The summed E-state index contributed by atoms with van der Waals surface area (Å²) < 4.78 is 10.6.